The highest BCUT2D eigenvalue weighted by atomic mass is 15.0. The van der Waals surface area contributed by atoms with Crippen LogP contribution in [0.4, 0.5) is 0 Å². The molecular weight excluding hydrogens is 1240 g/mol. The molecule has 486 valence electrons. The van der Waals surface area contributed by atoms with E-state index in [2.05, 4.69) is 358 Å². The summed E-state index contributed by atoms with van der Waals surface area (Å²) in [7, 11) is 0. The normalized spacial score (nSPS) is 15.7. The summed E-state index contributed by atoms with van der Waals surface area (Å²) in [6.45, 7) is 7.03. The lowest BCUT2D eigenvalue weighted by molar-refractivity contribution is 0.659. The standard InChI is InChI=1S/C97H73N5/c1-62-24-19-36-71(52-62)80-40-22-42-90-92(80)84-58-69(63-25-9-4-10-26-63)44-50-88(84)101(90)78-46-48-82-83-49-47-79(61-87(83)97(2,3)86(82)60-78)102-89-51-45-70(64-27-11-5-12-28-64)59-85(89)93-81(41-23-43-91(93)102)72-37-21-39-74(54-72)96-99-94(67-33-17-8-18-34-67)98-95(100-96)73-38-20-35-68(53-73)77-56-75(65-29-13-6-14-30-65)55-76(57-77)66-31-15-7-16-32-66/h4-6,8-15,17-38,40,42-61,74,81H,7,16,39,41H2,1-3H3. The average molecular weight is 1310 g/mol. The second-order valence-electron chi connectivity index (χ2n) is 28.5. The van der Waals surface area contributed by atoms with E-state index in [1.165, 1.54) is 133 Å². The topological polar surface area (TPSA) is 48.5 Å². The Morgan fingerprint density at radius 1 is 0.373 bits per heavy atom. The molecule has 2 atom stereocenters. The number of rotatable bonds is 12. The Hall–Kier alpha value is -12.3. The molecule has 0 radical (unpaired) electrons. The van der Waals surface area contributed by atoms with Crippen LogP contribution < -0.4 is 0 Å². The van der Waals surface area contributed by atoms with Gasteiger partial charge in [-0.25, -0.2) is 15.0 Å². The number of fused-ring (bicyclic) bond motifs is 9. The minimum Gasteiger partial charge on any atom is -0.310 e. The molecule has 0 N–H and O–H groups in total. The first-order valence-corrected chi connectivity index (χ1v) is 36.0. The predicted octanol–water partition coefficient (Wildman–Crippen LogP) is 25.1. The van der Waals surface area contributed by atoms with Gasteiger partial charge in [0.2, 0.25) is 0 Å². The van der Waals surface area contributed by atoms with Crippen LogP contribution in [0.3, 0.4) is 0 Å². The second-order valence-corrected chi connectivity index (χ2v) is 28.5. The lowest BCUT2D eigenvalue weighted by Crippen LogP contribution is -2.16. The summed E-state index contributed by atoms with van der Waals surface area (Å²) in [6, 6.07) is 103. The van der Waals surface area contributed by atoms with Crippen LogP contribution in [0.2, 0.25) is 0 Å². The van der Waals surface area contributed by atoms with Crippen molar-refractivity contribution in [2.75, 3.05) is 0 Å². The van der Waals surface area contributed by atoms with Gasteiger partial charge in [0, 0.05) is 55.9 Å². The van der Waals surface area contributed by atoms with Crippen LogP contribution in [-0.4, -0.2) is 24.1 Å². The SMILES string of the molecule is Cc1cccc(-c2cccc3c2c2cc(-c4ccccc4)ccc2n3-c2ccc3c(c2)C(C)(C)c2cc(-n4c5c(c6cc(-c7ccccc7)ccc64)C(C4=CC(c6nc(-c7ccccc7)nc(-c7cccc(-c8cc(C9=CCCC=C9)cc(-c9ccccc9)c8)c7)n6)CC=C4)CC=C5)ccc2-3)c1. The first-order valence-electron chi connectivity index (χ1n) is 36.0. The quantitative estimate of drug-likeness (QED) is 0.122. The summed E-state index contributed by atoms with van der Waals surface area (Å²) in [6.07, 6.45) is 22.7. The molecule has 19 rings (SSSR count). The van der Waals surface area contributed by atoms with Gasteiger partial charge in [0.05, 0.1) is 22.2 Å². The summed E-state index contributed by atoms with van der Waals surface area (Å²) < 4.78 is 5.05. The maximum Gasteiger partial charge on any atom is 0.163 e. The number of aromatic nitrogens is 5. The van der Waals surface area contributed by atoms with E-state index in [1.54, 1.807) is 0 Å². The van der Waals surface area contributed by atoms with Crippen LogP contribution in [0, 0.1) is 6.92 Å². The van der Waals surface area contributed by atoms with Gasteiger partial charge in [0.25, 0.3) is 0 Å². The number of hydrogen-bond donors (Lipinski definition) is 0. The van der Waals surface area contributed by atoms with Crippen molar-refractivity contribution < 1.29 is 0 Å². The van der Waals surface area contributed by atoms with Gasteiger partial charge >= 0.3 is 0 Å². The van der Waals surface area contributed by atoms with Crippen molar-refractivity contribution in [3.8, 4) is 101 Å². The van der Waals surface area contributed by atoms with Crippen molar-refractivity contribution in [3.05, 3.63) is 366 Å². The molecule has 0 spiro atoms. The average Bonchev–Trinajstić information content (AvgIpc) is 1.56. The van der Waals surface area contributed by atoms with Crippen LogP contribution in [0.15, 0.2) is 327 Å². The van der Waals surface area contributed by atoms with Crippen LogP contribution in [0.5, 0.6) is 0 Å². The highest BCUT2D eigenvalue weighted by molar-refractivity contribution is 6.17. The van der Waals surface area contributed by atoms with Gasteiger partial charge in [-0.15, -0.1) is 0 Å². The van der Waals surface area contributed by atoms with Gasteiger partial charge in [0.15, 0.2) is 11.6 Å². The molecule has 0 saturated carbocycles. The minimum absolute atomic E-state index is 0.0639. The number of nitrogens with zero attached hydrogens (tertiary/aromatic N) is 5. The van der Waals surface area contributed by atoms with Crippen LogP contribution in [0.1, 0.15) is 90.7 Å². The molecule has 4 aliphatic rings. The number of hydrogen-bond acceptors (Lipinski definition) is 3. The Morgan fingerprint density at radius 3 is 1.60 bits per heavy atom. The van der Waals surface area contributed by atoms with Crippen molar-refractivity contribution in [1.82, 2.24) is 24.1 Å². The van der Waals surface area contributed by atoms with Gasteiger partial charge in [-0.1, -0.05) is 262 Å². The zero-order valence-electron chi connectivity index (χ0n) is 57.4. The van der Waals surface area contributed by atoms with Gasteiger partial charge in [-0.2, -0.15) is 0 Å². The third-order valence-corrected chi connectivity index (χ3v) is 21.9. The van der Waals surface area contributed by atoms with E-state index >= 15 is 0 Å². The molecular formula is C97H73N5. The van der Waals surface area contributed by atoms with Crippen LogP contribution in [0.25, 0.3) is 145 Å². The van der Waals surface area contributed by atoms with Crippen LogP contribution >= 0.6 is 0 Å². The van der Waals surface area contributed by atoms with E-state index in [4.69, 9.17) is 15.0 Å². The fourth-order valence-corrected chi connectivity index (χ4v) is 16.8. The lowest BCUT2D eigenvalue weighted by Gasteiger charge is -2.26. The molecule has 4 aliphatic carbocycles. The van der Waals surface area contributed by atoms with Crippen LogP contribution in [-0.2, 0) is 5.41 Å². The van der Waals surface area contributed by atoms with E-state index < -0.39 is 0 Å². The van der Waals surface area contributed by atoms with E-state index in [-0.39, 0.29) is 17.3 Å². The highest BCUT2D eigenvalue weighted by Crippen LogP contribution is 2.53. The molecule has 0 fully saturated rings. The molecule has 3 aromatic heterocycles. The number of benzene rings is 12. The minimum atomic E-state index is -0.321. The summed E-state index contributed by atoms with van der Waals surface area (Å²) in [5.41, 5.74) is 32.2. The molecule has 3 heterocycles. The molecule has 2 unspecified atom stereocenters. The zero-order chi connectivity index (χ0) is 68.0. The van der Waals surface area contributed by atoms with Gasteiger partial charge in [0.1, 0.15) is 5.82 Å². The number of allylic oxidation sites excluding steroid dienone is 9. The van der Waals surface area contributed by atoms with Crippen molar-refractivity contribution >= 4 is 44.4 Å². The second kappa shape index (κ2) is 24.8. The van der Waals surface area contributed by atoms with Crippen molar-refractivity contribution in [2.45, 2.75) is 63.7 Å². The Morgan fingerprint density at radius 2 is 0.922 bits per heavy atom. The van der Waals surface area contributed by atoms with Gasteiger partial charge in [-0.3, -0.25) is 0 Å². The molecule has 0 aliphatic heterocycles. The van der Waals surface area contributed by atoms with Crippen molar-refractivity contribution in [1.29, 1.82) is 0 Å². The molecule has 0 bridgehead atoms. The van der Waals surface area contributed by atoms with E-state index in [0.29, 0.717) is 11.6 Å². The third-order valence-electron chi connectivity index (χ3n) is 21.9. The molecule has 15 aromatic rings. The molecule has 0 amide bonds. The summed E-state index contributed by atoms with van der Waals surface area (Å²) in [5.74, 6) is 2.07. The summed E-state index contributed by atoms with van der Waals surface area (Å²) in [5, 5.41) is 3.77. The molecule has 102 heavy (non-hydrogen) atoms. The Balaban J connectivity index is 0.703. The smallest absolute Gasteiger partial charge is 0.163 e. The Labute approximate surface area is 595 Å². The first kappa shape index (κ1) is 60.8. The van der Waals surface area contributed by atoms with Gasteiger partial charge < -0.3 is 9.13 Å². The third kappa shape index (κ3) is 10.6. The van der Waals surface area contributed by atoms with Crippen molar-refractivity contribution in [2.24, 2.45) is 0 Å². The lowest BCUT2D eigenvalue weighted by atomic mass is 9.79. The maximum absolute atomic E-state index is 5.49. The highest BCUT2D eigenvalue weighted by Gasteiger charge is 2.38. The largest absolute Gasteiger partial charge is 0.310 e. The fourth-order valence-electron chi connectivity index (χ4n) is 16.8. The monoisotopic (exact) mass is 1310 g/mol. The fraction of sp³-hybridized carbons (Fsp3) is 0.103. The zero-order valence-corrected chi connectivity index (χ0v) is 57.4. The predicted molar refractivity (Wildman–Crippen MR) is 425 cm³/mol. The molecule has 12 aromatic carbocycles. The maximum atomic E-state index is 5.49. The van der Waals surface area contributed by atoms with E-state index in [1.807, 2.05) is 0 Å². The Kier molecular flexibility index (Phi) is 14.8. The Bertz CT molecular complexity index is 6030. The molecule has 5 heteroatoms. The van der Waals surface area contributed by atoms with Crippen molar-refractivity contribution in [3.63, 3.8) is 0 Å². The summed E-state index contributed by atoms with van der Waals surface area (Å²) >= 11 is 0. The van der Waals surface area contributed by atoms with Gasteiger partial charge in [-0.05, 0) is 218 Å². The van der Waals surface area contributed by atoms with E-state index in [0.717, 1.165) is 65.1 Å². The van der Waals surface area contributed by atoms with E-state index in [9.17, 15) is 0 Å². The molecule has 5 nitrogen and oxygen atoms in total. The molecule has 0 saturated heterocycles. The number of aryl methyl sites for hydroxylation is 1. The first-order chi connectivity index (χ1) is 50.2. The summed E-state index contributed by atoms with van der Waals surface area (Å²) in [4.78, 5) is 16.2.